The van der Waals surface area contributed by atoms with E-state index < -0.39 is 0 Å². The standard InChI is InChI=1S/C42H44N6.4ClH.2Fe/c1-25-15-11-17-35(29(25)5)43-31(7)37-19-13-21-39(47-37)33(9)45-41-23-28(4)42(24-27(41)3)46-34(10)40-22-14-20-38(48-40)32(8)44-36-18-12-16-26(2)30(36)6;;;;;;/h11-24H,1-10H3;4*1H;;/q;;;;;2*+2/p-4. The number of aromatic nitrogens is 2. The van der Waals surface area contributed by atoms with E-state index >= 15 is 0 Å². The fraction of sp³-hybridized carbons (Fsp3) is 0.238. The molecule has 0 aliphatic heterocycles. The van der Waals surface area contributed by atoms with Gasteiger partial charge in [0.25, 0.3) is 0 Å². The predicted octanol–water partition coefficient (Wildman–Crippen LogP) is 13.6. The monoisotopic (exact) mass is 884 g/mol. The van der Waals surface area contributed by atoms with Crippen molar-refractivity contribution in [3.05, 3.63) is 141 Å². The molecule has 0 aliphatic rings. The minimum atomic E-state index is 0.194. The molecule has 0 N–H and O–H groups in total. The average Bonchev–Trinajstić information content (AvgIpc) is 3.15. The van der Waals surface area contributed by atoms with Gasteiger partial charge in [0.1, 0.15) is 0 Å². The Morgan fingerprint density at radius 1 is 0.407 bits per heavy atom. The van der Waals surface area contributed by atoms with E-state index in [1.165, 1.54) is 22.3 Å². The van der Waals surface area contributed by atoms with Gasteiger partial charge in [-0.15, -0.1) is 0 Å². The normalized spacial score (nSPS) is 12.3. The van der Waals surface area contributed by atoms with Crippen molar-refractivity contribution in [2.24, 2.45) is 20.0 Å². The first-order chi connectivity index (χ1) is 25.7. The predicted molar refractivity (Wildman–Crippen MR) is 227 cm³/mol. The molecule has 0 aliphatic carbocycles. The third-order valence-corrected chi connectivity index (χ3v) is 8.80. The van der Waals surface area contributed by atoms with Gasteiger partial charge in [-0.3, -0.25) is 20.0 Å². The molecule has 2 heterocycles. The molecule has 12 heteroatoms. The van der Waals surface area contributed by atoms with Crippen molar-refractivity contribution < 1.29 is 26.3 Å². The Bertz CT molecular complexity index is 2040. The van der Waals surface area contributed by atoms with Crippen molar-refractivity contribution in [3.8, 4) is 0 Å². The molecule has 0 saturated heterocycles. The van der Waals surface area contributed by atoms with Crippen LogP contribution in [0.5, 0.6) is 0 Å². The second-order valence-corrected chi connectivity index (χ2v) is 16.2. The van der Waals surface area contributed by atoms with Gasteiger partial charge in [0.2, 0.25) is 0 Å². The first-order valence-electron chi connectivity index (χ1n) is 16.8. The Morgan fingerprint density at radius 2 is 0.667 bits per heavy atom. The van der Waals surface area contributed by atoms with Gasteiger partial charge in [-0.05, 0) is 151 Å². The van der Waals surface area contributed by atoms with E-state index in [9.17, 15) is 0 Å². The van der Waals surface area contributed by atoms with Crippen molar-refractivity contribution in [1.29, 1.82) is 0 Å². The molecular weight excluding hydrogens is 842 g/mol. The number of aryl methyl sites for hydroxylation is 4. The van der Waals surface area contributed by atoms with Crippen molar-refractivity contribution in [1.82, 2.24) is 9.97 Å². The molecule has 0 radical (unpaired) electrons. The zero-order valence-electron chi connectivity index (χ0n) is 32.0. The second kappa shape index (κ2) is 22.4. The van der Waals surface area contributed by atoms with Crippen LogP contribution in [-0.4, -0.2) is 32.8 Å². The van der Waals surface area contributed by atoms with E-state index in [1.807, 2.05) is 88.4 Å². The fourth-order valence-electron chi connectivity index (χ4n) is 5.37. The molecule has 3 aromatic carbocycles. The first-order valence-corrected chi connectivity index (χ1v) is 22.9. The number of pyridine rings is 2. The van der Waals surface area contributed by atoms with Crippen LogP contribution in [-0.2, 0) is 26.3 Å². The quantitative estimate of drug-likeness (QED) is 0.115. The summed E-state index contributed by atoms with van der Waals surface area (Å²) in [7, 11) is 19.1. The molecule has 6 nitrogen and oxygen atoms in total. The second-order valence-electron chi connectivity index (χ2n) is 12.6. The summed E-state index contributed by atoms with van der Waals surface area (Å²) in [5.41, 5.74) is 17.3. The van der Waals surface area contributed by atoms with Gasteiger partial charge in [0.05, 0.1) is 68.4 Å². The molecule has 0 fully saturated rings. The van der Waals surface area contributed by atoms with Gasteiger partial charge >= 0.3 is 66.7 Å². The van der Waals surface area contributed by atoms with Crippen LogP contribution in [0.4, 0.5) is 22.7 Å². The number of rotatable bonds is 8. The van der Waals surface area contributed by atoms with Crippen LogP contribution in [0.2, 0.25) is 0 Å². The SMILES string of the molecule is CC(=Nc1cc(C)c(N=C(C)c2cccc(C(C)=Nc3cccc(C)c3C)n2)cc1C)c1cccc(C(C)=Nc2cccc(C)c2C)n1.[Cl][Fe][Cl].[Cl][Fe][Cl]. The molecule has 0 bridgehead atoms. The number of halogens is 4. The Labute approximate surface area is 349 Å². The van der Waals surface area contributed by atoms with Gasteiger partial charge in [0, 0.05) is 0 Å². The van der Waals surface area contributed by atoms with Gasteiger partial charge in [-0.2, -0.15) is 0 Å². The van der Waals surface area contributed by atoms with E-state index in [1.54, 1.807) is 0 Å². The summed E-state index contributed by atoms with van der Waals surface area (Å²) in [5.74, 6) is 0. The Kier molecular flexibility index (Phi) is 18.8. The number of nitrogens with zero attached hydrogens (tertiary/aromatic N) is 6. The molecule has 0 amide bonds. The Hall–Kier alpha value is -3.16. The van der Waals surface area contributed by atoms with E-state index in [0.29, 0.717) is 0 Å². The summed E-state index contributed by atoms with van der Waals surface area (Å²) in [6, 6.07) is 28.6. The molecule has 286 valence electrons. The summed E-state index contributed by atoms with van der Waals surface area (Å²) in [4.78, 5) is 29.6. The molecule has 0 saturated carbocycles. The van der Waals surface area contributed by atoms with Crippen LogP contribution in [0.15, 0.2) is 105 Å². The van der Waals surface area contributed by atoms with Gasteiger partial charge in [-0.25, -0.2) is 9.97 Å². The third-order valence-electron chi connectivity index (χ3n) is 8.80. The van der Waals surface area contributed by atoms with Gasteiger partial charge in [0.15, 0.2) is 0 Å². The Morgan fingerprint density at radius 3 is 0.963 bits per heavy atom. The summed E-state index contributed by atoms with van der Waals surface area (Å²) >= 11 is 0.389. The van der Waals surface area contributed by atoms with Crippen LogP contribution < -0.4 is 0 Å². The molecule has 0 unspecified atom stereocenters. The summed E-state index contributed by atoms with van der Waals surface area (Å²) in [5, 5.41) is 0. The van der Waals surface area contributed by atoms with Crippen molar-refractivity contribution in [3.63, 3.8) is 0 Å². The van der Waals surface area contributed by atoms with Crippen LogP contribution in [0.1, 0.15) is 83.9 Å². The molecule has 2 aromatic heterocycles. The third kappa shape index (κ3) is 13.0. The van der Waals surface area contributed by atoms with Gasteiger partial charge in [-0.1, -0.05) is 36.4 Å². The summed E-state index contributed by atoms with van der Waals surface area (Å²) in [6.07, 6.45) is 0. The zero-order chi connectivity index (χ0) is 39.9. The van der Waals surface area contributed by atoms with Crippen LogP contribution in [0.25, 0.3) is 0 Å². The number of benzene rings is 3. The van der Waals surface area contributed by atoms with Crippen molar-refractivity contribution in [2.45, 2.75) is 69.2 Å². The topological polar surface area (TPSA) is 75.2 Å². The van der Waals surface area contributed by atoms with E-state index in [-0.39, 0.29) is 26.3 Å². The molecule has 5 aromatic rings. The van der Waals surface area contributed by atoms with E-state index in [4.69, 9.17) is 70.3 Å². The van der Waals surface area contributed by atoms with Crippen LogP contribution in [0, 0.1) is 41.5 Å². The summed E-state index contributed by atoms with van der Waals surface area (Å²) in [6.45, 7) is 20.5. The molecule has 54 heavy (non-hydrogen) atoms. The first kappa shape index (κ1) is 45.2. The Balaban J connectivity index is 0.00000122. The zero-order valence-corrected chi connectivity index (χ0v) is 37.2. The van der Waals surface area contributed by atoms with E-state index in [2.05, 4.69) is 65.8 Å². The average molecular weight is 886 g/mol. The number of aliphatic imine (C=N–C) groups is 4. The van der Waals surface area contributed by atoms with Crippen LogP contribution >= 0.6 is 40.4 Å². The van der Waals surface area contributed by atoms with Crippen molar-refractivity contribution in [2.75, 3.05) is 0 Å². The maximum absolute atomic E-state index is 5.00. The molecule has 0 atom stereocenters. The molecular formula is C42H44Cl4Fe2N6. The van der Waals surface area contributed by atoms with Crippen LogP contribution in [0.3, 0.4) is 0 Å². The van der Waals surface area contributed by atoms with Gasteiger partial charge < -0.3 is 0 Å². The number of hydrogen-bond acceptors (Lipinski definition) is 6. The maximum atomic E-state index is 5.00. The molecule has 5 rings (SSSR count). The van der Waals surface area contributed by atoms with E-state index in [0.717, 1.165) is 79.5 Å². The fourth-order valence-corrected chi connectivity index (χ4v) is 5.37. The minimum absolute atomic E-state index is 0.194. The number of hydrogen-bond donors (Lipinski definition) is 0. The molecule has 0 spiro atoms. The summed E-state index contributed by atoms with van der Waals surface area (Å²) < 4.78 is 0. The van der Waals surface area contributed by atoms with Crippen molar-refractivity contribution >= 4 is 86.0 Å².